The summed E-state index contributed by atoms with van der Waals surface area (Å²) < 4.78 is 6.17. The van der Waals surface area contributed by atoms with Crippen LogP contribution in [0.5, 0.6) is 0 Å². The van der Waals surface area contributed by atoms with Crippen molar-refractivity contribution in [3.05, 3.63) is 27.8 Å². The molecular weight excluding hydrogens is 923 g/mol. The van der Waals surface area contributed by atoms with Gasteiger partial charge in [-0.2, -0.15) is 4.79 Å². The van der Waals surface area contributed by atoms with E-state index in [4.69, 9.17) is 4.74 Å². The molecule has 0 saturated heterocycles. The molecule has 11 N–H and O–H groups in total. The summed E-state index contributed by atoms with van der Waals surface area (Å²) in [6, 6.07) is -0.654. The SMILES string of the molecule is CC(NC(=O)C(C)NC(=O)C(C)(C)NC(=O)C(C)NC(=O)C(C)NC(=O)C(C)NC(=O)C(C)NC(=O)C(C)(C)NC(=O)C(C)[NH2+]C(=O)OC(C)(C)C)C(=O)Nc1ccc(I)cc1. The lowest BCUT2D eigenvalue weighted by Crippen LogP contribution is -2.95. The topological polar surface area (TPSA) is 305 Å². The molecule has 0 aromatic heterocycles. The van der Waals surface area contributed by atoms with Gasteiger partial charge in [-0.3, -0.25) is 43.2 Å². The first-order chi connectivity index (χ1) is 28.3. The van der Waals surface area contributed by atoms with Gasteiger partial charge in [-0.25, -0.2) is 5.32 Å². The Labute approximate surface area is 375 Å². The summed E-state index contributed by atoms with van der Waals surface area (Å²) in [5.74, 6) is -6.27. The van der Waals surface area contributed by atoms with Crippen molar-refractivity contribution >= 4 is 87.5 Å². The van der Waals surface area contributed by atoms with Crippen molar-refractivity contribution in [2.45, 2.75) is 156 Å². The van der Waals surface area contributed by atoms with Crippen molar-refractivity contribution < 1.29 is 58.0 Å². The highest BCUT2D eigenvalue weighted by Gasteiger charge is 2.37. The van der Waals surface area contributed by atoms with Gasteiger partial charge < -0.3 is 52.6 Å². The predicted octanol–water partition coefficient (Wildman–Crippen LogP) is -1.07. The summed E-state index contributed by atoms with van der Waals surface area (Å²) in [5.41, 5.74) is -3.29. The van der Waals surface area contributed by atoms with Crippen LogP contribution in [0.15, 0.2) is 24.3 Å². The standard InChI is InChI=1S/C40H63IN10O11/c1-19(43-30(54)22(4)46-36(60)40(13,14)51-34(58)25(7)48-37(61)62-38(8,9)10)28(52)42-20(2)29(53)45-24(6)33(57)50-39(11,12)35(59)47-23(5)31(55)44-21(3)32(56)49-27-17-15-26(41)16-18-27/h15-25H,1-14H3,(H,42,52)(H,43,54)(H,44,55)(H,45,53)(H,46,60)(H,47,59)(H,48,61)(H,49,56)(H,50,57)(H,51,58)/p+1. The molecular formula is C40H64IN10O11+. The summed E-state index contributed by atoms with van der Waals surface area (Å²) in [6.07, 6.45) is -0.701. The van der Waals surface area contributed by atoms with Crippen molar-refractivity contribution in [1.29, 1.82) is 0 Å². The number of carbonyl (C=O) groups is 10. The smallest absolute Gasteiger partial charge is 0.414 e. The number of anilines is 1. The van der Waals surface area contributed by atoms with E-state index in [1.807, 2.05) is 12.1 Å². The van der Waals surface area contributed by atoms with Gasteiger partial charge in [0.2, 0.25) is 47.3 Å². The van der Waals surface area contributed by atoms with Crippen molar-refractivity contribution in [3.8, 4) is 0 Å². The first kappa shape index (κ1) is 54.6. The summed E-state index contributed by atoms with van der Waals surface area (Å²) >= 11 is 2.13. The largest absolute Gasteiger partial charge is 0.513 e. The monoisotopic (exact) mass is 987 g/mol. The van der Waals surface area contributed by atoms with Gasteiger partial charge in [-0.15, -0.1) is 0 Å². The second kappa shape index (κ2) is 23.2. The van der Waals surface area contributed by atoms with E-state index < -0.39 is 118 Å². The van der Waals surface area contributed by atoms with Gasteiger partial charge in [0.15, 0.2) is 6.04 Å². The minimum Gasteiger partial charge on any atom is -0.414 e. The van der Waals surface area contributed by atoms with E-state index in [9.17, 15) is 47.9 Å². The van der Waals surface area contributed by atoms with Gasteiger partial charge in [0.05, 0.1) is 0 Å². The minimum atomic E-state index is -1.56. The third kappa shape index (κ3) is 18.7. The average molecular weight is 988 g/mol. The Balaban J connectivity index is 2.63. The Kier molecular flexibility index (Phi) is 20.4. The van der Waals surface area contributed by atoms with E-state index in [1.54, 1.807) is 32.9 Å². The molecule has 0 aliphatic rings. The zero-order valence-corrected chi connectivity index (χ0v) is 40.0. The highest BCUT2D eigenvalue weighted by atomic mass is 127. The molecule has 1 aromatic rings. The lowest BCUT2D eigenvalue weighted by atomic mass is 10.0. The number of ether oxygens (including phenoxy) is 1. The molecule has 0 heterocycles. The number of primary amides is 1. The lowest BCUT2D eigenvalue weighted by molar-refractivity contribution is -0.593. The zero-order valence-electron chi connectivity index (χ0n) is 37.8. The molecule has 0 radical (unpaired) electrons. The number of hydrogen-bond acceptors (Lipinski definition) is 11. The summed E-state index contributed by atoms with van der Waals surface area (Å²) in [6.45, 7) is 20.3. The molecule has 346 valence electrons. The quantitative estimate of drug-likeness (QED) is 0.0745. The molecule has 22 heteroatoms. The Hall–Kier alpha value is -5.39. The number of nitrogens with two attached hydrogens (primary N) is 1. The molecule has 1 aromatic carbocycles. The molecule has 0 bridgehead atoms. The molecule has 0 saturated carbocycles. The zero-order chi connectivity index (χ0) is 48.1. The van der Waals surface area contributed by atoms with E-state index in [2.05, 4.69) is 70.4 Å². The molecule has 7 unspecified atom stereocenters. The maximum Gasteiger partial charge on any atom is 0.513 e. The number of quaternary nitrogens is 1. The second-order valence-electron chi connectivity index (χ2n) is 17.0. The fourth-order valence-corrected chi connectivity index (χ4v) is 5.21. The normalized spacial score (nSPS) is 15.0. The number of benzene rings is 1. The van der Waals surface area contributed by atoms with Crippen LogP contribution in [0.25, 0.3) is 0 Å². The minimum absolute atomic E-state index is 0.472. The van der Waals surface area contributed by atoms with Gasteiger partial charge >= 0.3 is 6.09 Å². The number of amides is 10. The molecule has 62 heavy (non-hydrogen) atoms. The highest BCUT2D eigenvalue weighted by Crippen LogP contribution is 2.12. The van der Waals surface area contributed by atoms with Gasteiger partial charge in [0.1, 0.15) is 52.9 Å². The van der Waals surface area contributed by atoms with Crippen LogP contribution in [0.3, 0.4) is 0 Å². The van der Waals surface area contributed by atoms with Crippen molar-refractivity contribution in [1.82, 2.24) is 42.5 Å². The van der Waals surface area contributed by atoms with Crippen molar-refractivity contribution in [2.24, 2.45) is 0 Å². The predicted molar refractivity (Wildman–Crippen MR) is 235 cm³/mol. The number of hydrogen-bond donors (Lipinski definition) is 10. The van der Waals surface area contributed by atoms with Crippen LogP contribution in [0.4, 0.5) is 10.5 Å². The Morgan fingerprint density at radius 1 is 0.484 bits per heavy atom. The second-order valence-corrected chi connectivity index (χ2v) is 18.3. The fourth-order valence-electron chi connectivity index (χ4n) is 4.85. The van der Waals surface area contributed by atoms with E-state index in [1.165, 1.54) is 76.2 Å². The van der Waals surface area contributed by atoms with Crippen LogP contribution in [0.2, 0.25) is 0 Å². The van der Waals surface area contributed by atoms with Crippen LogP contribution in [-0.4, -0.2) is 118 Å². The molecule has 21 nitrogen and oxygen atoms in total. The van der Waals surface area contributed by atoms with Gasteiger partial charge in [0, 0.05) is 9.26 Å². The Morgan fingerprint density at radius 3 is 1.18 bits per heavy atom. The van der Waals surface area contributed by atoms with Crippen LogP contribution in [0.1, 0.15) is 96.9 Å². The number of nitrogens with one attached hydrogen (secondary N) is 9. The molecule has 10 amide bonds. The maximum absolute atomic E-state index is 13.1. The first-order valence-electron chi connectivity index (χ1n) is 19.9. The third-order valence-corrected chi connectivity index (χ3v) is 9.53. The van der Waals surface area contributed by atoms with Gasteiger partial charge in [0.25, 0.3) is 5.91 Å². The summed E-state index contributed by atoms with van der Waals surface area (Å²) in [5, 5.41) is 23.6. The Morgan fingerprint density at radius 2 is 0.806 bits per heavy atom. The number of carbonyl (C=O) groups excluding carboxylic acids is 10. The molecule has 1 rings (SSSR count). The van der Waals surface area contributed by atoms with Crippen molar-refractivity contribution in [2.75, 3.05) is 5.32 Å². The fraction of sp³-hybridized carbons (Fsp3) is 0.600. The Bertz CT molecular complexity index is 1850. The molecule has 0 spiro atoms. The van der Waals surface area contributed by atoms with Crippen LogP contribution in [0, 0.1) is 3.57 Å². The van der Waals surface area contributed by atoms with E-state index in [0.29, 0.717) is 5.69 Å². The maximum atomic E-state index is 13.1. The van der Waals surface area contributed by atoms with E-state index in [-0.39, 0.29) is 0 Å². The average Bonchev–Trinajstić information content (AvgIpc) is 3.13. The van der Waals surface area contributed by atoms with Gasteiger partial charge in [-0.05, 0) is 144 Å². The number of rotatable bonds is 19. The van der Waals surface area contributed by atoms with E-state index in [0.717, 1.165) is 8.89 Å². The highest BCUT2D eigenvalue weighted by molar-refractivity contribution is 14.1. The van der Waals surface area contributed by atoms with Gasteiger partial charge in [-0.1, -0.05) is 0 Å². The molecule has 7 atom stereocenters. The van der Waals surface area contributed by atoms with E-state index >= 15 is 0 Å². The number of halogens is 1. The summed E-state index contributed by atoms with van der Waals surface area (Å²) in [7, 11) is 0. The first-order valence-corrected chi connectivity index (χ1v) is 21.0. The summed E-state index contributed by atoms with van der Waals surface area (Å²) in [4.78, 5) is 128. The third-order valence-electron chi connectivity index (χ3n) is 8.81. The van der Waals surface area contributed by atoms with Crippen LogP contribution in [-0.2, 0) is 47.9 Å². The molecule has 0 aliphatic heterocycles. The lowest BCUT2D eigenvalue weighted by Gasteiger charge is -2.29. The van der Waals surface area contributed by atoms with Crippen LogP contribution < -0.4 is 53.2 Å². The molecule has 0 aliphatic carbocycles. The molecule has 0 fully saturated rings. The van der Waals surface area contributed by atoms with Crippen LogP contribution >= 0.6 is 22.6 Å². The van der Waals surface area contributed by atoms with Crippen molar-refractivity contribution in [3.63, 3.8) is 0 Å².